The maximum atomic E-state index is 13.2. The first-order valence-electron chi connectivity index (χ1n) is 7.54. The van der Waals surface area contributed by atoms with Crippen molar-refractivity contribution >= 4 is 33.6 Å². The highest BCUT2D eigenvalue weighted by atomic mass is 79.9. The number of rotatable bonds is 3. The maximum absolute atomic E-state index is 13.2. The van der Waals surface area contributed by atoms with Crippen molar-refractivity contribution in [3.05, 3.63) is 75.7 Å². The second-order valence-electron chi connectivity index (χ2n) is 5.58. The molecule has 3 rings (SSSR count). The summed E-state index contributed by atoms with van der Waals surface area (Å²) in [6, 6.07) is 11.8. The zero-order chi connectivity index (χ0) is 18.0. The number of hydrogen-bond donors (Lipinski definition) is 3. The summed E-state index contributed by atoms with van der Waals surface area (Å²) >= 11 is 3.34. The molecule has 0 radical (unpaired) electrons. The summed E-state index contributed by atoms with van der Waals surface area (Å²) in [6.07, 6.45) is 0. The molecule has 1 aliphatic rings. The zero-order valence-corrected chi connectivity index (χ0v) is 14.9. The van der Waals surface area contributed by atoms with Crippen molar-refractivity contribution in [3.8, 4) is 0 Å². The monoisotopic (exact) mass is 403 g/mol. The predicted octanol–water partition coefficient (Wildman–Crippen LogP) is 3.85. The number of amides is 3. The summed E-state index contributed by atoms with van der Waals surface area (Å²) in [6.45, 7) is 1.66. The predicted molar refractivity (Wildman–Crippen MR) is 96.3 cm³/mol. The number of carbonyl (C=O) groups excluding carboxylic acids is 2. The van der Waals surface area contributed by atoms with Crippen molar-refractivity contribution in [1.29, 1.82) is 0 Å². The molecular weight excluding hydrogens is 389 g/mol. The fourth-order valence-electron chi connectivity index (χ4n) is 2.63. The van der Waals surface area contributed by atoms with Crippen LogP contribution in [0.2, 0.25) is 0 Å². The number of nitrogens with one attached hydrogen (secondary N) is 3. The topological polar surface area (TPSA) is 70.2 Å². The van der Waals surface area contributed by atoms with Crippen LogP contribution in [0.25, 0.3) is 0 Å². The Hall–Kier alpha value is -2.67. The molecule has 5 nitrogen and oxygen atoms in total. The maximum Gasteiger partial charge on any atom is 0.319 e. The Morgan fingerprint density at radius 3 is 2.40 bits per heavy atom. The number of carbonyl (C=O) groups is 2. The quantitative estimate of drug-likeness (QED) is 0.728. The van der Waals surface area contributed by atoms with E-state index in [1.54, 1.807) is 31.2 Å². The molecule has 0 spiro atoms. The Morgan fingerprint density at radius 2 is 1.76 bits per heavy atom. The first-order valence-corrected chi connectivity index (χ1v) is 8.34. The molecule has 0 unspecified atom stereocenters. The summed E-state index contributed by atoms with van der Waals surface area (Å²) in [5.41, 5.74) is 2.07. The van der Waals surface area contributed by atoms with Crippen molar-refractivity contribution in [1.82, 2.24) is 10.6 Å². The molecule has 0 aliphatic carbocycles. The van der Waals surface area contributed by atoms with Crippen molar-refractivity contribution in [2.75, 3.05) is 5.32 Å². The summed E-state index contributed by atoms with van der Waals surface area (Å²) in [5.74, 6) is -0.729. The van der Waals surface area contributed by atoms with E-state index < -0.39 is 12.1 Å². The molecule has 2 aromatic rings. The molecule has 1 atom stereocenters. The molecule has 3 N–H and O–H groups in total. The van der Waals surface area contributed by atoms with E-state index in [1.165, 1.54) is 12.1 Å². The van der Waals surface area contributed by atoms with Crippen LogP contribution in [0.5, 0.6) is 0 Å². The van der Waals surface area contributed by atoms with Crippen molar-refractivity contribution in [2.45, 2.75) is 13.0 Å². The smallest absolute Gasteiger partial charge is 0.319 e. The van der Waals surface area contributed by atoms with E-state index >= 15 is 0 Å². The van der Waals surface area contributed by atoms with E-state index in [-0.39, 0.29) is 11.7 Å². The van der Waals surface area contributed by atoms with Crippen LogP contribution in [0.4, 0.5) is 14.9 Å². The number of halogens is 2. The van der Waals surface area contributed by atoms with E-state index in [0.29, 0.717) is 22.5 Å². The molecule has 128 valence electrons. The van der Waals surface area contributed by atoms with Gasteiger partial charge in [-0.25, -0.2) is 9.18 Å². The second kappa shape index (κ2) is 7.06. The first-order chi connectivity index (χ1) is 11.9. The lowest BCUT2D eigenvalue weighted by Gasteiger charge is -2.28. The number of anilines is 1. The molecule has 7 heteroatoms. The first kappa shape index (κ1) is 17.2. The van der Waals surface area contributed by atoms with Crippen LogP contribution >= 0.6 is 15.9 Å². The lowest BCUT2D eigenvalue weighted by Crippen LogP contribution is -2.45. The third-order valence-corrected chi connectivity index (χ3v) is 4.35. The van der Waals surface area contributed by atoms with Gasteiger partial charge in [0.1, 0.15) is 5.82 Å². The summed E-state index contributed by atoms with van der Waals surface area (Å²) in [7, 11) is 0. The van der Waals surface area contributed by atoms with Crippen molar-refractivity contribution in [3.63, 3.8) is 0 Å². The summed E-state index contributed by atoms with van der Waals surface area (Å²) < 4.78 is 14.1. The molecule has 2 aromatic carbocycles. The SMILES string of the molecule is CC1=C(C(=O)Nc2ccc(Br)cc2)[C@@H](c2ccc(F)cc2)NC(=O)N1. The highest BCUT2D eigenvalue weighted by molar-refractivity contribution is 9.10. The van der Waals surface area contributed by atoms with Gasteiger partial charge in [-0.05, 0) is 48.9 Å². The minimum absolute atomic E-state index is 0.346. The Morgan fingerprint density at radius 1 is 1.12 bits per heavy atom. The molecule has 0 saturated heterocycles. The van der Waals surface area contributed by atoms with E-state index in [1.807, 2.05) is 12.1 Å². The van der Waals surface area contributed by atoms with Gasteiger partial charge in [0.15, 0.2) is 0 Å². The van der Waals surface area contributed by atoms with Crippen LogP contribution in [-0.2, 0) is 4.79 Å². The largest absolute Gasteiger partial charge is 0.327 e. The Kier molecular flexibility index (Phi) is 4.85. The number of urea groups is 1. The third kappa shape index (κ3) is 3.88. The van der Waals surface area contributed by atoms with Gasteiger partial charge in [-0.1, -0.05) is 28.1 Å². The molecule has 25 heavy (non-hydrogen) atoms. The molecular formula is C18H15BrFN3O2. The average molecular weight is 404 g/mol. The van der Waals surface area contributed by atoms with Gasteiger partial charge in [0.25, 0.3) is 5.91 Å². The summed E-state index contributed by atoms with van der Waals surface area (Å²) in [5, 5.41) is 8.13. The average Bonchev–Trinajstić information content (AvgIpc) is 2.57. The molecule has 0 bridgehead atoms. The Labute approximate surface area is 152 Å². The van der Waals surface area contributed by atoms with Crippen molar-refractivity contribution in [2.24, 2.45) is 0 Å². The van der Waals surface area contributed by atoms with E-state index in [4.69, 9.17) is 0 Å². The molecule has 0 fully saturated rings. The highest BCUT2D eigenvalue weighted by Gasteiger charge is 2.31. The lowest BCUT2D eigenvalue weighted by atomic mass is 9.95. The van der Waals surface area contributed by atoms with Gasteiger partial charge >= 0.3 is 6.03 Å². The highest BCUT2D eigenvalue weighted by Crippen LogP contribution is 2.28. The third-order valence-electron chi connectivity index (χ3n) is 3.82. The van der Waals surface area contributed by atoms with Gasteiger partial charge < -0.3 is 16.0 Å². The second-order valence-corrected chi connectivity index (χ2v) is 6.50. The fraction of sp³-hybridized carbons (Fsp3) is 0.111. The van der Waals surface area contributed by atoms with Gasteiger partial charge in [-0.3, -0.25) is 4.79 Å². The fourth-order valence-corrected chi connectivity index (χ4v) is 2.90. The Bertz CT molecular complexity index is 848. The van der Waals surface area contributed by atoms with Gasteiger partial charge in [0.2, 0.25) is 0 Å². The number of allylic oxidation sites excluding steroid dienone is 1. The van der Waals surface area contributed by atoms with Gasteiger partial charge in [-0.15, -0.1) is 0 Å². The molecule has 3 amide bonds. The molecule has 0 saturated carbocycles. The van der Waals surface area contributed by atoms with Crippen LogP contribution < -0.4 is 16.0 Å². The van der Waals surface area contributed by atoms with Crippen LogP contribution in [0.3, 0.4) is 0 Å². The standard InChI is InChI=1S/C18H15BrFN3O2/c1-10-15(17(24)22-14-8-4-12(19)5-9-14)16(23-18(25)21-10)11-2-6-13(20)7-3-11/h2-9,16H,1H3,(H,22,24)(H2,21,23,25)/t16-/m1/s1. The number of hydrogen-bond acceptors (Lipinski definition) is 2. The van der Waals surface area contributed by atoms with Crippen molar-refractivity contribution < 1.29 is 14.0 Å². The normalized spacial score (nSPS) is 16.9. The minimum atomic E-state index is -0.662. The Balaban J connectivity index is 1.92. The summed E-state index contributed by atoms with van der Waals surface area (Å²) in [4.78, 5) is 24.6. The van der Waals surface area contributed by atoms with Gasteiger partial charge in [0, 0.05) is 15.9 Å². The zero-order valence-electron chi connectivity index (χ0n) is 13.3. The van der Waals surface area contributed by atoms with Crippen LogP contribution in [0.1, 0.15) is 18.5 Å². The van der Waals surface area contributed by atoms with E-state index in [9.17, 15) is 14.0 Å². The van der Waals surface area contributed by atoms with E-state index in [0.717, 1.165) is 4.47 Å². The lowest BCUT2D eigenvalue weighted by molar-refractivity contribution is -0.113. The van der Waals surface area contributed by atoms with Gasteiger partial charge in [-0.2, -0.15) is 0 Å². The minimum Gasteiger partial charge on any atom is -0.327 e. The molecule has 0 aromatic heterocycles. The van der Waals surface area contributed by atoms with Crippen LogP contribution in [0, 0.1) is 5.82 Å². The molecule has 1 aliphatic heterocycles. The van der Waals surface area contributed by atoms with Gasteiger partial charge in [0.05, 0.1) is 11.6 Å². The molecule has 1 heterocycles. The van der Waals surface area contributed by atoms with E-state index in [2.05, 4.69) is 31.9 Å². The van der Waals surface area contributed by atoms with Crippen LogP contribution in [0.15, 0.2) is 64.3 Å². The number of benzene rings is 2. The van der Waals surface area contributed by atoms with Crippen LogP contribution in [-0.4, -0.2) is 11.9 Å².